The molecule has 0 radical (unpaired) electrons. The second-order valence-electron chi connectivity index (χ2n) is 7.55. The van der Waals surface area contributed by atoms with E-state index in [9.17, 15) is 10.2 Å². The summed E-state index contributed by atoms with van der Waals surface area (Å²) in [5.41, 5.74) is 2.90. The minimum atomic E-state index is -0.104. The summed E-state index contributed by atoms with van der Waals surface area (Å²) in [6, 6.07) is 3.80. The summed E-state index contributed by atoms with van der Waals surface area (Å²) < 4.78 is 1.08. The molecule has 4 rings (SSSR count). The molecule has 2 nitrogen and oxygen atoms in total. The number of aliphatic hydroxyl groups is 1. The lowest BCUT2D eigenvalue weighted by molar-refractivity contribution is -0.0227. The van der Waals surface area contributed by atoms with E-state index in [4.69, 9.17) is 0 Å². The molecule has 1 aromatic carbocycles. The number of hydrogen-bond acceptors (Lipinski definition) is 2. The Labute approximate surface area is 134 Å². The zero-order valence-electron chi connectivity index (χ0n) is 12.5. The third kappa shape index (κ3) is 1.93. The summed E-state index contributed by atoms with van der Waals surface area (Å²) in [4.78, 5) is 0. The topological polar surface area (TPSA) is 40.5 Å². The molecule has 21 heavy (non-hydrogen) atoms. The van der Waals surface area contributed by atoms with Crippen molar-refractivity contribution in [1.82, 2.24) is 0 Å². The molecule has 2 N–H and O–H groups in total. The fourth-order valence-electron chi connectivity index (χ4n) is 5.62. The van der Waals surface area contributed by atoms with Crippen LogP contribution in [0.4, 0.5) is 0 Å². The van der Waals surface area contributed by atoms with Crippen LogP contribution in [0.25, 0.3) is 0 Å². The maximum absolute atomic E-state index is 10.4. The molecule has 0 aliphatic heterocycles. The molecular weight excluding hydrogens is 328 g/mol. The summed E-state index contributed by atoms with van der Waals surface area (Å²) in [5, 5.41) is 20.2. The Bertz CT molecular complexity index is 585. The summed E-state index contributed by atoms with van der Waals surface area (Å²) in [6.45, 7) is 2.31. The molecule has 3 aliphatic carbocycles. The van der Waals surface area contributed by atoms with Gasteiger partial charge < -0.3 is 10.2 Å². The lowest BCUT2D eigenvalue weighted by atomic mass is 9.55. The average molecular weight is 351 g/mol. The smallest absolute Gasteiger partial charge is 0.116 e. The van der Waals surface area contributed by atoms with E-state index in [0.29, 0.717) is 23.5 Å². The monoisotopic (exact) mass is 350 g/mol. The molecule has 0 bridgehead atoms. The predicted molar refractivity (Wildman–Crippen MR) is 86.4 cm³/mol. The zero-order chi connectivity index (χ0) is 14.8. The van der Waals surface area contributed by atoms with E-state index in [2.05, 4.69) is 22.9 Å². The maximum atomic E-state index is 10.4. The van der Waals surface area contributed by atoms with Crippen LogP contribution in [-0.4, -0.2) is 16.3 Å². The first-order chi connectivity index (χ1) is 10.0. The molecule has 3 aliphatic rings. The Morgan fingerprint density at radius 3 is 2.81 bits per heavy atom. The number of aromatic hydroxyl groups is 1. The van der Waals surface area contributed by atoms with E-state index in [1.54, 1.807) is 0 Å². The van der Waals surface area contributed by atoms with Crippen molar-refractivity contribution >= 4 is 15.9 Å². The minimum Gasteiger partial charge on any atom is -0.508 e. The molecule has 5 atom stereocenters. The molecule has 0 amide bonds. The summed E-state index contributed by atoms with van der Waals surface area (Å²) in [6.07, 6.45) is 6.63. The normalized spacial score (nSPS) is 41.3. The molecule has 0 saturated heterocycles. The molecule has 2 fully saturated rings. The van der Waals surface area contributed by atoms with Crippen LogP contribution in [0.15, 0.2) is 16.6 Å². The second-order valence-corrected chi connectivity index (χ2v) is 8.41. The maximum Gasteiger partial charge on any atom is 0.116 e. The third-order valence-corrected chi connectivity index (χ3v) is 7.36. The van der Waals surface area contributed by atoms with Crippen LogP contribution in [0.2, 0.25) is 0 Å². The summed E-state index contributed by atoms with van der Waals surface area (Å²) in [5.74, 6) is 2.34. The number of aryl methyl sites for hydroxylation is 1. The van der Waals surface area contributed by atoms with Crippen molar-refractivity contribution in [3.05, 3.63) is 27.7 Å². The Morgan fingerprint density at radius 2 is 2.00 bits per heavy atom. The van der Waals surface area contributed by atoms with Gasteiger partial charge in [-0.2, -0.15) is 0 Å². The predicted octanol–water partition coefficient (Wildman–Crippen LogP) is 4.37. The summed E-state index contributed by atoms with van der Waals surface area (Å²) >= 11 is 3.68. The van der Waals surface area contributed by atoms with Gasteiger partial charge >= 0.3 is 0 Å². The van der Waals surface area contributed by atoms with Crippen LogP contribution in [0.5, 0.6) is 5.75 Å². The van der Waals surface area contributed by atoms with Gasteiger partial charge in [0, 0.05) is 4.47 Å². The van der Waals surface area contributed by atoms with Gasteiger partial charge in [-0.3, -0.25) is 0 Å². The van der Waals surface area contributed by atoms with Gasteiger partial charge in [0.1, 0.15) is 5.75 Å². The van der Waals surface area contributed by atoms with Gasteiger partial charge in [0.15, 0.2) is 0 Å². The highest BCUT2D eigenvalue weighted by Gasteiger charge is 2.54. The lowest BCUT2D eigenvalue weighted by Crippen LogP contribution is -2.44. The van der Waals surface area contributed by atoms with E-state index in [1.807, 2.05) is 12.1 Å². The zero-order valence-corrected chi connectivity index (χ0v) is 14.1. The number of fused-ring (bicyclic) bond motifs is 5. The van der Waals surface area contributed by atoms with Gasteiger partial charge in [0.2, 0.25) is 0 Å². The van der Waals surface area contributed by atoms with Crippen molar-refractivity contribution < 1.29 is 10.2 Å². The van der Waals surface area contributed by atoms with E-state index in [-0.39, 0.29) is 11.5 Å². The second kappa shape index (κ2) is 4.73. The first-order valence-electron chi connectivity index (χ1n) is 8.20. The SMILES string of the molecule is C[C@]12CC[C@@H]3c4c(Br)cc(O)cc4CC[C@H]3[C@@H]1CC[C@H]2O. The Kier molecular flexibility index (Phi) is 3.17. The highest BCUT2D eigenvalue weighted by atomic mass is 79.9. The molecule has 3 heteroatoms. The van der Waals surface area contributed by atoms with E-state index in [1.165, 1.54) is 30.4 Å². The fourth-order valence-corrected chi connectivity index (χ4v) is 6.41. The minimum absolute atomic E-state index is 0.104. The molecule has 0 heterocycles. The number of hydrogen-bond donors (Lipinski definition) is 2. The van der Waals surface area contributed by atoms with Crippen molar-refractivity contribution in [2.24, 2.45) is 17.3 Å². The van der Waals surface area contributed by atoms with Crippen molar-refractivity contribution in [2.45, 2.75) is 57.5 Å². The van der Waals surface area contributed by atoms with Gasteiger partial charge in [-0.05, 0) is 85.0 Å². The van der Waals surface area contributed by atoms with Gasteiger partial charge in [-0.25, -0.2) is 0 Å². The quantitative estimate of drug-likeness (QED) is 0.729. The van der Waals surface area contributed by atoms with Crippen molar-refractivity contribution in [1.29, 1.82) is 0 Å². The van der Waals surface area contributed by atoms with Crippen LogP contribution >= 0.6 is 15.9 Å². The highest BCUT2D eigenvalue weighted by molar-refractivity contribution is 9.10. The lowest BCUT2D eigenvalue weighted by Gasteiger charge is -2.50. The molecule has 0 spiro atoms. The van der Waals surface area contributed by atoms with Gasteiger partial charge in [0.25, 0.3) is 0 Å². The molecule has 1 aromatic rings. The van der Waals surface area contributed by atoms with Crippen molar-refractivity contribution in [2.75, 3.05) is 0 Å². The van der Waals surface area contributed by atoms with Crippen LogP contribution < -0.4 is 0 Å². The Balaban J connectivity index is 1.75. The molecule has 0 aromatic heterocycles. The van der Waals surface area contributed by atoms with Gasteiger partial charge in [-0.15, -0.1) is 0 Å². The first-order valence-corrected chi connectivity index (χ1v) is 8.99. The molecule has 114 valence electrons. The van der Waals surface area contributed by atoms with Crippen molar-refractivity contribution in [3.8, 4) is 5.75 Å². The first kappa shape index (κ1) is 14.1. The number of rotatable bonds is 0. The van der Waals surface area contributed by atoms with Gasteiger partial charge in [-0.1, -0.05) is 22.9 Å². The Hall–Kier alpha value is -0.540. The third-order valence-electron chi connectivity index (χ3n) is 6.70. The summed E-state index contributed by atoms with van der Waals surface area (Å²) in [7, 11) is 0. The van der Waals surface area contributed by atoms with Crippen molar-refractivity contribution in [3.63, 3.8) is 0 Å². The number of aliphatic hydroxyl groups excluding tert-OH is 1. The molecule has 0 unspecified atom stereocenters. The van der Waals surface area contributed by atoms with E-state index < -0.39 is 0 Å². The largest absolute Gasteiger partial charge is 0.508 e. The van der Waals surface area contributed by atoms with E-state index >= 15 is 0 Å². The van der Waals surface area contributed by atoms with Crippen LogP contribution in [0.3, 0.4) is 0 Å². The number of benzene rings is 1. The van der Waals surface area contributed by atoms with E-state index in [0.717, 1.165) is 23.7 Å². The van der Waals surface area contributed by atoms with Crippen LogP contribution in [0.1, 0.15) is 56.1 Å². The number of phenols is 1. The highest BCUT2D eigenvalue weighted by Crippen LogP contribution is 2.61. The number of halogens is 1. The van der Waals surface area contributed by atoms with Crippen LogP contribution in [0, 0.1) is 17.3 Å². The standard InChI is InChI=1S/C18H23BrO2/c1-18-7-6-13-12(14(18)4-5-16(18)21)3-2-10-8-11(20)9-15(19)17(10)13/h8-9,12-14,16,20-21H,2-7H2,1H3/t12-,13+,14+,16-,18+/m1/s1. The Morgan fingerprint density at radius 1 is 1.19 bits per heavy atom. The molecular formula is C18H23BrO2. The van der Waals surface area contributed by atoms with Gasteiger partial charge in [0.05, 0.1) is 6.10 Å². The number of phenolic OH excluding ortho intramolecular Hbond substituents is 1. The molecule has 2 saturated carbocycles. The average Bonchev–Trinajstić information content (AvgIpc) is 2.74. The fraction of sp³-hybridized carbons (Fsp3) is 0.667. The van der Waals surface area contributed by atoms with Crippen LogP contribution in [-0.2, 0) is 6.42 Å².